The van der Waals surface area contributed by atoms with Crippen LogP contribution in [0.2, 0.25) is 0 Å². The van der Waals surface area contributed by atoms with Crippen LogP contribution in [-0.4, -0.2) is 31.0 Å². The quantitative estimate of drug-likeness (QED) is 0.755. The molecule has 1 aliphatic rings. The number of halogens is 2. The van der Waals surface area contributed by atoms with Crippen LogP contribution in [0.4, 0.5) is 25.8 Å². The second-order valence-corrected chi connectivity index (χ2v) is 6.43. The van der Waals surface area contributed by atoms with Crippen LogP contribution in [0.25, 0.3) is 0 Å². The van der Waals surface area contributed by atoms with Crippen LogP contribution >= 0.6 is 0 Å². The minimum atomic E-state index is -2.98. The average Bonchev–Trinajstić information content (AvgIpc) is 3.09. The summed E-state index contributed by atoms with van der Waals surface area (Å²) in [5, 5.41) is 5.65. The number of para-hydroxylation sites is 2. The first kappa shape index (κ1) is 19.6. The van der Waals surface area contributed by atoms with Gasteiger partial charge in [-0.25, -0.2) is 0 Å². The molecule has 0 bridgehead atoms. The van der Waals surface area contributed by atoms with Crippen molar-refractivity contribution < 1.29 is 23.1 Å². The molecular weight excluding hydrogens is 368 g/mol. The highest BCUT2D eigenvalue weighted by atomic mass is 19.3. The van der Waals surface area contributed by atoms with E-state index in [1.165, 1.54) is 12.1 Å². The number of amides is 2. The van der Waals surface area contributed by atoms with E-state index in [9.17, 15) is 18.4 Å². The topological polar surface area (TPSA) is 70.7 Å². The van der Waals surface area contributed by atoms with Gasteiger partial charge in [0.15, 0.2) is 0 Å². The molecule has 2 aromatic carbocycles. The van der Waals surface area contributed by atoms with Crippen molar-refractivity contribution in [3.05, 3.63) is 48.5 Å². The number of anilines is 3. The Morgan fingerprint density at radius 1 is 1.18 bits per heavy atom. The zero-order valence-corrected chi connectivity index (χ0v) is 15.3. The second kappa shape index (κ2) is 8.69. The summed E-state index contributed by atoms with van der Waals surface area (Å²) < 4.78 is 29.4. The van der Waals surface area contributed by atoms with Gasteiger partial charge in [0.2, 0.25) is 11.8 Å². The van der Waals surface area contributed by atoms with E-state index in [0.29, 0.717) is 18.7 Å². The molecule has 0 spiro atoms. The Morgan fingerprint density at radius 2 is 1.96 bits per heavy atom. The number of carbonyl (C=O) groups is 2. The third-order valence-corrected chi connectivity index (χ3v) is 4.37. The number of hydrogen-bond donors (Lipinski definition) is 2. The summed E-state index contributed by atoms with van der Waals surface area (Å²) in [6.07, 6.45) is 1.37. The zero-order valence-electron chi connectivity index (χ0n) is 15.3. The van der Waals surface area contributed by atoms with Gasteiger partial charge in [-0.2, -0.15) is 8.78 Å². The summed E-state index contributed by atoms with van der Waals surface area (Å²) in [6.45, 7) is -0.650. The van der Waals surface area contributed by atoms with Gasteiger partial charge in [-0.3, -0.25) is 9.59 Å². The van der Waals surface area contributed by atoms with Crippen LogP contribution in [0.1, 0.15) is 19.8 Å². The lowest BCUT2D eigenvalue weighted by Gasteiger charge is -2.19. The average molecular weight is 389 g/mol. The van der Waals surface area contributed by atoms with E-state index in [1.807, 2.05) is 6.07 Å². The molecule has 1 atom stereocenters. The number of hydrogen-bond acceptors (Lipinski definition) is 4. The van der Waals surface area contributed by atoms with Gasteiger partial charge in [-0.15, -0.1) is 0 Å². The molecule has 3 rings (SSSR count). The lowest BCUT2D eigenvalue weighted by molar-refractivity contribution is -0.117. The minimum Gasteiger partial charge on any atom is -0.433 e. The van der Waals surface area contributed by atoms with E-state index < -0.39 is 18.6 Å². The van der Waals surface area contributed by atoms with Crippen molar-refractivity contribution in [1.29, 1.82) is 0 Å². The van der Waals surface area contributed by atoms with Gasteiger partial charge >= 0.3 is 6.61 Å². The van der Waals surface area contributed by atoms with E-state index in [0.717, 1.165) is 12.1 Å². The maximum Gasteiger partial charge on any atom is 0.387 e. The van der Waals surface area contributed by atoms with Crippen LogP contribution in [0.15, 0.2) is 48.5 Å². The number of alkyl halides is 2. The van der Waals surface area contributed by atoms with Gasteiger partial charge in [-0.1, -0.05) is 18.2 Å². The second-order valence-electron chi connectivity index (χ2n) is 6.43. The molecule has 148 valence electrons. The molecule has 28 heavy (non-hydrogen) atoms. The Balaban J connectivity index is 1.66. The van der Waals surface area contributed by atoms with E-state index >= 15 is 0 Å². The molecule has 1 fully saturated rings. The number of nitrogens with zero attached hydrogens (tertiary/aromatic N) is 1. The maximum atomic E-state index is 12.5. The highest BCUT2D eigenvalue weighted by Gasteiger charge is 2.22. The Bertz CT molecular complexity index is 860. The van der Waals surface area contributed by atoms with Gasteiger partial charge in [-0.05, 0) is 43.7 Å². The van der Waals surface area contributed by atoms with Crippen molar-refractivity contribution >= 4 is 28.9 Å². The van der Waals surface area contributed by atoms with E-state index in [-0.39, 0.29) is 17.3 Å². The van der Waals surface area contributed by atoms with Gasteiger partial charge in [0.25, 0.3) is 0 Å². The van der Waals surface area contributed by atoms with Crippen molar-refractivity contribution in [2.24, 2.45) is 0 Å². The molecule has 0 unspecified atom stereocenters. The third-order valence-electron chi connectivity index (χ3n) is 4.37. The molecule has 1 heterocycles. The number of benzene rings is 2. The molecule has 1 saturated heterocycles. The summed E-state index contributed by atoms with van der Waals surface area (Å²) in [5.74, 6) is -0.431. The Labute approximate surface area is 161 Å². The molecule has 2 amide bonds. The highest BCUT2D eigenvalue weighted by molar-refractivity contribution is 5.98. The number of rotatable bonds is 7. The fourth-order valence-corrected chi connectivity index (χ4v) is 3.01. The van der Waals surface area contributed by atoms with E-state index in [2.05, 4.69) is 15.4 Å². The molecule has 0 aromatic heterocycles. The summed E-state index contributed by atoms with van der Waals surface area (Å²) in [5.41, 5.74) is 1.62. The standard InChI is InChI=1S/C20H21F2N3O3/c1-13(19(27)24-16-8-2-3-9-17(16)28-20(21)22)23-14-6-4-7-15(12-14)25-11-5-10-18(25)26/h2-4,6-9,12-13,20,23H,5,10-11H2,1H3,(H,24,27)/t13-/m0/s1. The fraction of sp³-hybridized carbons (Fsp3) is 0.300. The van der Waals surface area contributed by atoms with Crippen molar-refractivity contribution in [3.8, 4) is 5.75 Å². The minimum absolute atomic E-state index is 0.0820. The highest BCUT2D eigenvalue weighted by Crippen LogP contribution is 2.27. The van der Waals surface area contributed by atoms with Crippen LogP contribution in [0, 0.1) is 0 Å². The smallest absolute Gasteiger partial charge is 0.387 e. The van der Waals surface area contributed by atoms with E-state index in [4.69, 9.17) is 0 Å². The largest absolute Gasteiger partial charge is 0.433 e. The van der Waals surface area contributed by atoms with Crippen molar-refractivity contribution in [2.75, 3.05) is 22.1 Å². The van der Waals surface area contributed by atoms with Gasteiger partial charge in [0, 0.05) is 24.3 Å². The van der Waals surface area contributed by atoms with Crippen LogP contribution < -0.4 is 20.3 Å². The first-order valence-corrected chi connectivity index (χ1v) is 8.95. The summed E-state index contributed by atoms with van der Waals surface area (Å²) in [4.78, 5) is 26.1. The van der Waals surface area contributed by atoms with Gasteiger partial charge in [0.1, 0.15) is 11.8 Å². The Morgan fingerprint density at radius 3 is 2.68 bits per heavy atom. The zero-order chi connectivity index (χ0) is 20.1. The van der Waals surface area contributed by atoms with Gasteiger partial charge < -0.3 is 20.3 Å². The number of nitrogens with one attached hydrogen (secondary N) is 2. The molecule has 8 heteroatoms. The summed E-state index contributed by atoms with van der Waals surface area (Å²) >= 11 is 0. The third kappa shape index (κ3) is 4.76. The van der Waals surface area contributed by atoms with E-state index in [1.54, 1.807) is 42.2 Å². The van der Waals surface area contributed by atoms with Crippen molar-refractivity contribution in [3.63, 3.8) is 0 Å². The predicted molar refractivity (Wildman–Crippen MR) is 103 cm³/mol. The predicted octanol–water partition coefficient (Wildman–Crippen LogP) is 3.85. The first-order chi connectivity index (χ1) is 13.4. The maximum absolute atomic E-state index is 12.5. The first-order valence-electron chi connectivity index (χ1n) is 8.95. The monoisotopic (exact) mass is 389 g/mol. The fourth-order valence-electron chi connectivity index (χ4n) is 3.01. The Kier molecular flexibility index (Phi) is 6.08. The van der Waals surface area contributed by atoms with Crippen LogP contribution in [0.5, 0.6) is 5.75 Å². The molecule has 1 aliphatic heterocycles. The van der Waals surface area contributed by atoms with Crippen LogP contribution in [-0.2, 0) is 9.59 Å². The lowest BCUT2D eigenvalue weighted by atomic mass is 10.2. The Hall–Kier alpha value is -3.16. The molecule has 2 N–H and O–H groups in total. The molecular formula is C20H21F2N3O3. The SMILES string of the molecule is C[C@H](Nc1cccc(N2CCCC2=O)c1)C(=O)Nc1ccccc1OC(F)F. The number of ether oxygens (including phenoxy) is 1. The van der Waals surface area contributed by atoms with Crippen molar-refractivity contribution in [1.82, 2.24) is 0 Å². The molecule has 6 nitrogen and oxygen atoms in total. The van der Waals surface area contributed by atoms with Gasteiger partial charge in [0.05, 0.1) is 5.69 Å². The molecule has 2 aromatic rings. The summed E-state index contributed by atoms with van der Waals surface area (Å²) in [6, 6.07) is 12.6. The molecule has 0 radical (unpaired) electrons. The molecule has 0 saturated carbocycles. The van der Waals surface area contributed by atoms with Crippen LogP contribution in [0.3, 0.4) is 0 Å². The summed E-state index contributed by atoms with van der Waals surface area (Å²) in [7, 11) is 0. The van der Waals surface area contributed by atoms with Crippen molar-refractivity contribution in [2.45, 2.75) is 32.4 Å². The lowest BCUT2D eigenvalue weighted by Crippen LogP contribution is -2.32. The number of carbonyl (C=O) groups excluding carboxylic acids is 2. The normalized spacial score (nSPS) is 14.9. The molecule has 0 aliphatic carbocycles.